The summed E-state index contributed by atoms with van der Waals surface area (Å²) in [7, 11) is -3.57. The van der Waals surface area contributed by atoms with Gasteiger partial charge in [0.25, 0.3) is 0 Å². The van der Waals surface area contributed by atoms with E-state index in [0.717, 1.165) is 22.3 Å². The minimum absolute atomic E-state index is 0.0312. The third-order valence-electron chi connectivity index (χ3n) is 6.33. The van der Waals surface area contributed by atoms with Gasteiger partial charge in [0.05, 0.1) is 10.9 Å². The molecular weight excluding hydrogens is 432 g/mol. The molecule has 0 radical (unpaired) electrons. The van der Waals surface area contributed by atoms with E-state index in [1.807, 2.05) is 86.6 Å². The number of rotatable bonds is 6. The average Bonchev–Trinajstić information content (AvgIpc) is 2.83. The fourth-order valence-electron chi connectivity index (χ4n) is 4.50. The van der Waals surface area contributed by atoms with Crippen LogP contribution in [0.15, 0.2) is 83.8 Å². The first-order valence-corrected chi connectivity index (χ1v) is 12.8. The van der Waals surface area contributed by atoms with Gasteiger partial charge in [-0.25, -0.2) is 8.42 Å². The second-order valence-electron chi connectivity index (χ2n) is 8.71. The van der Waals surface area contributed by atoms with Gasteiger partial charge in [0.15, 0.2) is 0 Å². The van der Waals surface area contributed by atoms with E-state index in [1.165, 1.54) is 4.31 Å². The molecule has 3 aromatic rings. The zero-order valence-electron chi connectivity index (χ0n) is 19.1. The first kappa shape index (κ1) is 23.2. The molecule has 0 atom stereocenters. The minimum Gasteiger partial charge on any atom is -0.345 e. The molecule has 3 aromatic carbocycles. The number of benzene rings is 3. The lowest BCUT2D eigenvalue weighted by Gasteiger charge is -2.32. The monoisotopic (exact) mass is 462 g/mol. The molecule has 6 heteroatoms. The van der Waals surface area contributed by atoms with Crippen molar-refractivity contribution in [3.8, 4) is 0 Å². The fraction of sp³-hybridized carbons (Fsp3) is 0.296. The molecule has 5 nitrogen and oxygen atoms in total. The summed E-state index contributed by atoms with van der Waals surface area (Å²) in [5.41, 5.74) is 3.83. The molecule has 1 amide bonds. The van der Waals surface area contributed by atoms with Gasteiger partial charge in [0, 0.05) is 19.0 Å². The molecule has 0 spiro atoms. The molecule has 1 aliphatic heterocycles. The van der Waals surface area contributed by atoms with Crippen LogP contribution in [-0.4, -0.2) is 31.7 Å². The number of carbonyl (C=O) groups excluding carboxylic acids is 1. The van der Waals surface area contributed by atoms with Crippen LogP contribution in [0.3, 0.4) is 0 Å². The summed E-state index contributed by atoms with van der Waals surface area (Å²) in [6.45, 7) is 4.46. The predicted molar refractivity (Wildman–Crippen MR) is 130 cm³/mol. The normalized spacial score (nSPS) is 15.5. The summed E-state index contributed by atoms with van der Waals surface area (Å²) in [6.07, 6.45) is 1.01. The molecule has 1 saturated heterocycles. The van der Waals surface area contributed by atoms with Crippen molar-refractivity contribution in [1.82, 2.24) is 9.62 Å². The van der Waals surface area contributed by atoms with Crippen LogP contribution in [0.1, 0.15) is 41.1 Å². The lowest BCUT2D eigenvalue weighted by molar-refractivity contribution is -0.126. The van der Waals surface area contributed by atoms with Gasteiger partial charge in [-0.1, -0.05) is 78.4 Å². The summed E-state index contributed by atoms with van der Waals surface area (Å²) >= 11 is 0. The average molecular weight is 463 g/mol. The SMILES string of the molecule is Cc1ccc(S(=O)(=O)N2CCC(C(=O)NC(c3ccccc3)c3ccccc3)CC2)c(C)c1. The number of nitrogens with zero attached hydrogens (tertiary/aromatic N) is 1. The van der Waals surface area contributed by atoms with Crippen LogP contribution in [0.5, 0.6) is 0 Å². The number of amides is 1. The molecule has 1 fully saturated rings. The Kier molecular flexibility index (Phi) is 6.96. The van der Waals surface area contributed by atoms with E-state index in [9.17, 15) is 13.2 Å². The quantitative estimate of drug-likeness (QED) is 0.582. The molecule has 172 valence electrons. The highest BCUT2D eigenvalue weighted by molar-refractivity contribution is 7.89. The summed E-state index contributed by atoms with van der Waals surface area (Å²) < 4.78 is 27.9. The largest absolute Gasteiger partial charge is 0.345 e. The van der Waals surface area contributed by atoms with Crippen LogP contribution in [0.2, 0.25) is 0 Å². The van der Waals surface area contributed by atoms with Crippen LogP contribution >= 0.6 is 0 Å². The van der Waals surface area contributed by atoms with Gasteiger partial charge in [0.1, 0.15) is 0 Å². The van der Waals surface area contributed by atoms with Gasteiger partial charge in [-0.05, 0) is 49.4 Å². The number of sulfonamides is 1. The lowest BCUT2D eigenvalue weighted by atomic mass is 9.94. The second-order valence-corrected chi connectivity index (χ2v) is 10.6. The fourth-order valence-corrected chi connectivity index (χ4v) is 6.17. The Hall–Kier alpha value is -2.96. The van der Waals surface area contributed by atoms with Gasteiger partial charge in [-0.15, -0.1) is 0 Å². The Bertz CT molecular complexity index is 1160. The molecule has 1 aliphatic rings. The predicted octanol–water partition coefficient (Wildman–Crippen LogP) is 4.61. The zero-order valence-corrected chi connectivity index (χ0v) is 19.9. The number of hydrogen-bond acceptors (Lipinski definition) is 3. The third-order valence-corrected chi connectivity index (χ3v) is 8.38. The molecule has 0 bridgehead atoms. The van der Waals surface area contributed by atoms with Crippen LogP contribution in [0, 0.1) is 19.8 Å². The van der Waals surface area contributed by atoms with Gasteiger partial charge >= 0.3 is 0 Å². The van der Waals surface area contributed by atoms with Crippen molar-refractivity contribution < 1.29 is 13.2 Å². The number of piperidine rings is 1. The molecule has 0 aliphatic carbocycles. The van der Waals surface area contributed by atoms with E-state index in [-0.39, 0.29) is 17.9 Å². The van der Waals surface area contributed by atoms with Crippen LogP contribution in [-0.2, 0) is 14.8 Å². The van der Waals surface area contributed by atoms with Crippen LogP contribution in [0.25, 0.3) is 0 Å². The molecule has 1 heterocycles. The maximum atomic E-state index is 13.2. The Morgan fingerprint density at radius 1 is 0.879 bits per heavy atom. The second kappa shape index (κ2) is 9.89. The summed E-state index contributed by atoms with van der Waals surface area (Å²) in [6, 6.07) is 25.0. The van der Waals surface area contributed by atoms with Crippen LogP contribution < -0.4 is 5.32 Å². The number of aryl methyl sites for hydroxylation is 2. The van der Waals surface area contributed by atoms with Crippen molar-refractivity contribution >= 4 is 15.9 Å². The van der Waals surface area contributed by atoms with E-state index < -0.39 is 10.0 Å². The first-order valence-electron chi connectivity index (χ1n) is 11.3. The van der Waals surface area contributed by atoms with Crippen LogP contribution in [0.4, 0.5) is 0 Å². The van der Waals surface area contributed by atoms with Gasteiger partial charge in [0.2, 0.25) is 15.9 Å². The third kappa shape index (κ3) is 5.18. The Morgan fingerprint density at radius 3 is 1.94 bits per heavy atom. The van der Waals surface area contributed by atoms with Gasteiger partial charge in [-0.3, -0.25) is 4.79 Å². The highest BCUT2D eigenvalue weighted by Crippen LogP contribution is 2.28. The maximum absolute atomic E-state index is 13.2. The van der Waals surface area contributed by atoms with Crippen molar-refractivity contribution in [2.75, 3.05) is 13.1 Å². The number of carbonyl (C=O) groups is 1. The Labute approximate surface area is 196 Å². The summed E-state index contributed by atoms with van der Waals surface area (Å²) in [5, 5.41) is 3.21. The van der Waals surface area contributed by atoms with E-state index in [2.05, 4.69) is 5.32 Å². The Morgan fingerprint density at radius 2 is 1.42 bits per heavy atom. The molecular formula is C27H30N2O3S. The molecule has 4 rings (SSSR count). The van der Waals surface area contributed by atoms with E-state index in [1.54, 1.807) is 6.07 Å². The van der Waals surface area contributed by atoms with E-state index in [4.69, 9.17) is 0 Å². The smallest absolute Gasteiger partial charge is 0.243 e. The first-order chi connectivity index (χ1) is 15.9. The summed E-state index contributed by atoms with van der Waals surface area (Å²) in [4.78, 5) is 13.5. The van der Waals surface area contributed by atoms with Crippen molar-refractivity contribution in [2.24, 2.45) is 5.92 Å². The number of nitrogens with one attached hydrogen (secondary N) is 1. The standard InChI is InChI=1S/C27H30N2O3S/c1-20-13-14-25(21(2)19-20)33(31,32)29-17-15-24(16-18-29)27(30)28-26(22-9-5-3-6-10-22)23-11-7-4-8-12-23/h3-14,19,24,26H,15-18H2,1-2H3,(H,28,30). The Balaban J connectivity index is 1.45. The lowest BCUT2D eigenvalue weighted by Crippen LogP contribution is -2.44. The highest BCUT2D eigenvalue weighted by atomic mass is 32.2. The van der Waals surface area contributed by atoms with E-state index in [0.29, 0.717) is 30.8 Å². The zero-order chi connectivity index (χ0) is 23.4. The molecule has 0 aromatic heterocycles. The molecule has 0 unspecified atom stereocenters. The van der Waals surface area contributed by atoms with Gasteiger partial charge < -0.3 is 5.32 Å². The van der Waals surface area contributed by atoms with Crippen molar-refractivity contribution in [1.29, 1.82) is 0 Å². The van der Waals surface area contributed by atoms with E-state index >= 15 is 0 Å². The maximum Gasteiger partial charge on any atom is 0.243 e. The molecule has 1 N–H and O–H groups in total. The minimum atomic E-state index is -3.57. The van der Waals surface area contributed by atoms with Gasteiger partial charge in [-0.2, -0.15) is 4.31 Å². The highest BCUT2D eigenvalue weighted by Gasteiger charge is 2.33. The summed E-state index contributed by atoms with van der Waals surface area (Å²) in [5.74, 6) is -0.248. The molecule has 33 heavy (non-hydrogen) atoms. The van der Waals surface area contributed by atoms with Crippen molar-refractivity contribution in [3.05, 3.63) is 101 Å². The van der Waals surface area contributed by atoms with Crippen molar-refractivity contribution in [2.45, 2.75) is 37.6 Å². The molecule has 0 saturated carbocycles. The topological polar surface area (TPSA) is 66.5 Å². The number of hydrogen-bond donors (Lipinski definition) is 1. The van der Waals surface area contributed by atoms with Crippen molar-refractivity contribution in [3.63, 3.8) is 0 Å².